The summed E-state index contributed by atoms with van der Waals surface area (Å²) >= 11 is 0. The van der Waals surface area contributed by atoms with E-state index in [-0.39, 0.29) is 21.7 Å². The first-order chi connectivity index (χ1) is 5.33. The van der Waals surface area contributed by atoms with Crippen molar-refractivity contribution in [1.29, 1.82) is 0 Å². The van der Waals surface area contributed by atoms with Gasteiger partial charge in [0.2, 0.25) is 0 Å². The largest absolute Gasteiger partial charge is 3.00 e. The molecule has 0 fully saturated rings. The van der Waals surface area contributed by atoms with Crippen LogP contribution in [0.4, 0.5) is 0 Å². The summed E-state index contributed by atoms with van der Waals surface area (Å²) in [6.07, 6.45) is 0. The number of hydrogen-bond donors (Lipinski definition) is 0. The van der Waals surface area contributed by atoms with Gasteiger partial charge in [-0.2, -0.15) is 18.2 Å². The molecule has 0 heterocycles. The Bertz CT molecular complexity index is 177. The molecule has 1 rings (SSSR count). The molecule has 0 bridgehead atoms. The number of rotatable bonds is 0. The van der Waals surface area contributed by atoms with Gasteiger partial charge in [-0.1, -0.05) is 0 Å². The average Bonchev–Trinajstić information content (AvgIpc) is 2.44. The molecule has 59 valence electrons. The van der Waals surface area contributed by atoms with Crippen molar-refractivity contribution in [3.8, 4) is 0 Å². The topological polar surface area (TPSA) is 117 Å². The van der Waals surface area contributed by atoms with Gasteiger partial charge in [0, 0.05) is 0 Å². The minimum absolute atomic E-state index is 0. The first-order valence-corrected chi connectivity index (χ1v) is 2.47. The smallest absolute Gasteiger partial charge is 0.373 e. The van der Waals surface area contributed by atoms with E-state index in [0.717, 1.165) is 0 Å². The molecule has 0 saturated heterocycles. The molecule has 7 heteroatoms. The molecular formula is C5H5N6Ti. The van der Waals surface area contributed by atoms with Gasteiger partial charge in [0.1, 0.15) is 0 Å². The minimum Gasteiger partial charge on any atom is -0.373 e. The molecule has 1 aromatic rings. The molecule has 1 radical (unpaired) electrons. The first-order valence-electron chi connectivity index (χ1n) is 2.47. The molecule has 0 aliphatic rings. The summed E-state index contributed by atoms with van der Waals surface area (Å²) in [4.78, 5) is 3.00. The van der Waals surface area contributed by atoms with Crippen LogP contribution in [0.3, 0.4) is 0 Å². The molecule has 12 heavy (non-hydrogen) atoms. The maximum absolute atomic E-state index is 6.75. The fourth-order valence-corrected chi connectivity index (χ4v) is 0.321. The normalized spacial score (nSPS) is 4.67. The van der Waals surface area contributed by atoms with Crippen molar-refractivity contribution >= 4 is 0 Å². The van der Waals surface area contributed by atoms with Gasteiger partial charge in [-0.25, -0.2) is 12.1 Å². The van der Waals surface area contributed by atoms with Crippen LogP contribution in [0.5, 0.6) is 0 Å². The van der Waals surface area contributed by atoms with Gasteiger partial charge < -0.3 is 22.1 Å². The Morgan fingerprint density at radius 2 is 1.08 bits per heavy atom. The molecule has 0 aromatic heterocycles. The van der Waals surface area contributed by atoms with Crippen LogP contribution < -0.4 is 0 Å². The molecule has 0 aliphatic carbocycles. The standard InChI is InChI=1S/C5H5.2N3.Ti/c1-2-4-5-3-1;2*1-3-2;/h1-5H;;;/q3*-1;+3. The van der Waals surface area contributed by atoms with Crippen molar-refractivity contribution in [3.05, 3.63) is 62.3 Å². The molecule has 0 spiro atoms. The van der Waals surface area contributed by atoms with Gasteiger partial charge in [0.15, 0.2) is 0 Å². The predicted molar refractivity (Wildman–Crippen MR) is 42.2 cm³/mol. The second-order valence-corrected chi connectivity index (χ2v) is 1.14. The third-order valence-electron chi connectivity index (χ3n) is 0.556. The van der Waals surface area contributed by atoms with E-state index in [1.165, 1.54) is 9.82 Å². The summed E-state index contributed by atoms with van der Waals surface area (Å²) in [7, 11) is 0. The SMILES string of the molecule is [N-]=[N+]=[N-].[N-]=[N+]=[N-].[Ti+3].c1cc[cH-]c1. The third-order valence-corrected chi connectivity index (χ3v) is 0.556. The van der Waals surface area contributed by atoms with Crippen LogP contribution in [0.1, 0.15) is 0 Å². The summed E-state index contributed by atoms with van der Waals surface area (Å²) in [6.45, 7) is 0. The Hall–Kier alpha value is -1.32. The third kappa shape index (κ3) is 37.8. The Balaban J connectivity index is -0.000000104. The van der Waals surface area contributed by atoms with Crippen LogP contribution >= 0.6 is 0 Å². The fraction of sp³-hybridized carbons (Fsp3) is 0. The molecule has 0 atom stereocenters. The monoisotopic (exact) mass is 197 g/mol. The molecular weight excluding hydrogens is 192 g/mol. The summed E-state index contributed by atoms with van der Waals surface area (Å²) in [5, 5.41) is 0. The Morgan fingerprint density at radius 1 is 0.833 bits per heavy atom. The van der Waals surface area contributed by atoms with Crippen LogP contribution in [0.15, 0.2) is 30.3 Å². The zero-order valence-corrected chi connectivity index (χ0v) is 7.63. The van der Waals surface area contributed by atoms with Crippen LogP contribution in [0.25, 0.3) is 31.9 Å². The predicted octanol–water partition coefficient (Wildman–Crippen LogP) is 3.14. The van der Waals surface area contributed by atoms with Crippen molar-refractivity contribution in [2.45, 2.75) is 0 Å². The van der Waals surface area contributed by atoms with Crippen LogP contribution in [-0.4, -0.2) is 0 Å². The molecule has 0 saturated carbocycles. The van der Waals surface area contributed by atoms with Crippen molar-refractivity contribution in [1.82, 2.24) is 0 Å². The van der Waals surface area contributed by atoms with Gasteiger partial charge in [-0.3, -0.25) is 9.82 Å². The molecule has 1 aromatic carbocycles. The van der Waals surface area contributed by atoms with E-state index in [1.807, 2.05) is 30.3 Å². The maximum atomic E-state index is 6.75. The summed E-state index contributed by atoms with van der Waals surface area (Å²) < 4.78 is 0. The van der Waals surface area contributed by atoms with Crippen molar-refractivity contribution in [2.75, 3.05) is 0 Å². The second-order valence-electron chi connectivity index (χ2n) is 1.14. The Morgan fingerprint density at radius 3 is 1.17 bits per heavy atom. The maximum Gasteiger partial charge on any atom is 3.00 e. The van der Waals surface area contributed by atoms with E-state index in [4.69, 9.17) is 22.1 Å². The fourth-order valence-electron chi connectivity index (χ4n) is 0.321. The van der Waals surface area contributed by atoms with E-state index in [0.29, 0.717) is 0 Å². The zero-order valence-electron chi connectivity index (χ0n) is 6.07. The van der Waals surface area contributed by atoms with Crippen molar-refractivity contribution in [3.63, 3.8) is 0 Å². The molecule has 0 aliphatic heterocycles. The van der Waals surface area contributed by atoms with E-state index < -0.39 is 0 Å². The van der Waals surface area contributed by atoms with Crippen LogP contribution in [-0.2, 0) is 21.7 Å². The first kappa shape index (κ1) is 17.0. The van der Waals surface area contributed by atoms with E-state index in [9.17, 15) is 0 Å². The van der Waals surface area contributed by atoms with Crippen LogP contribution in [0.2, 0.25) is 0 Å². The molecule has 6 nitrogen and oxygen atoms in total. The number of hydrogen-bond acceptors (Lipinski definition) is 0. The molecule has 0 unspecified atom stereocenters. The van der Waals surface area contributed by atoms with E-state index >= 15 is 0 Å². The van der Waals surface area contributed by atoms with Gasteiger partial charge in [-0.05, 0) is 0 Å². The summed E-state index contributed by atoms with van der Waals surface area (Å²) in [6, 6.07) is 10.0. The zero-order chi connectivity index (χ0) is 8.95. The minimum atomic E-state index is 0. The average molecular weight is 197 g/mol. The molecule has 0 N–H and O–H groups in total. The van der Waals surface area contributed by atoms with Gasteiger partial charge in [0.05, 0.1) is 0 Å². The van der Waals surface area contributed by atoms with Crippen LogP contribution in [0, 0.1) is 0 Å². The van der Waals surface area contributed by atoms with Gasteiger partial charge in [-0.15, -0.1) is 0 Å². The van der Waals surface area contributed by atoms with Gasteiger partial charge in [0.25, 0.3) is 0 Å². The quantitative estimate of drug-likeness (QED) is 0.199. The summed E-state index contributed by atoms with van der Waals surface area (Å²) in [5.41, 5.74) is 27.0. The van der Waals surface area contributed by atoms with E-state index in [1.54, 1.807) is 0 Å². The molecule has 0 amide bonds. The van der Waals surface area contributed by atoms with Gasteiger partial charge >= 0.3 is 21.7 Å². The van der Waals surface area contributed by atoms with Crippen molar-refractivity contribution in [2.24, 2.45) is 0 Å². The van der Waals surface area contributed by atoms with Crippen molar-refractivity contribution < 1.29 is 21.7 Å². The second kappa shape index (κ2) is 22.6. The number of nitrogens with zero attached hydrogens (tertiary/aromatic N) is 6. The Labute approximate surface area is 84.3 Å². The summed E-state index contributed by atoms with van der Waals surface area (Å²) in [5.74, 6) is 0. The Kier molecular flexibility index (Phi) is 32.0. The van der Waals surface area contributed by atoms with E-state index in [2.05, 4.69) is 0 Å².